The number of nitrogens with zero attached hydrogens (tertiary/aromatic N) is 1. The summed E-state index contributed by atoms with van der Waals surface area (Å²) in [4.78, 5) is 29.2. The Labute approximate surface area is 104 Å². The molecule has 0 fully saturated rings. The van der Waals surface area contributed by atoms with Crippen LogP contribution in [0.2, 0.25) is 5.02 Å². The van der Waals surface area contributed by atoms with Gasteiger partial charge in [-0.05, 0) is 18.2 Å². The molecule has 2 heterocycles. The molecule has 6 nitrogen and oxygen atoms in total. The summed E-state index contributed by atoms with van der Waals surface area (Å²) in [7, 11) is 0. The molecule has 0 unspecified atom stereocenters. The Kier molecular flexibility index (Phi) is 2.14. The highest BCUT2D eigenvalue weighted by atomic mass is 35.5. The van der Waals surface area contributed by atoms with Gasteiger partial charge in [0.1, 0.15) is 16.8 Å². The van der Waals surface area contributed by atoms with Crippen LogP contribution in [0.5, 0.6) is 0 Å². The zero-order chi connectivity index (χ0) is 12.9. The number of rotatable bonds is 0. The molecule has 7 heteroatoms. The first kappa shape index (κ1) is 10.8. The van der Waals surface area contributed by atoms with E-state index < -0.39 is 5.69 Å². The first-order chi connectivity index (χ1) is 8.56. The number of nitrogens with two attached hydrogens (primary N) is 1. The van der Waals surface area contributed by atoms with Gasteiger partial charge in [-0.1, -0.05) is 11.6 Å². The minimum Gasteiger partial charge on any atom is -0.437 e. The highest BCUT2D eigenvalue weighted by Crippen LogP contribution is 2.21. The van der Waals surface area contributed by atoms with E-state index in [1.165, 1.54) is 12.1 Å². The third-order valence-electron chi connectivity index (χ3n) is 2.55. The predicted octanol–water partition coefficient (Wildman–Crippen LogP) is 1.27. The molecule has 0 spiro atoms. The van der Waals surface area contributed by atoms with Crippen molar-refractivity contribution in [1.82, 2.24) is 9.97 Å². The highest BCUT2D eigenvalue weighted by Gasteiger charge is 2.12. The molecular formula is C11H6ClN3O3. The number of nitrogens with one attached hydrogen (secondary N) is 1. The maximum atomic E-state index is 12.2. The van der Waals surface area contributed by atoms with Crippen molar-refractivity contribution >= 4 is 39.5 Å². The second kappa shape index (κ2) is 3.58. The molecule has 3 N–H and O–H groups in total. The summed E-state index contributed by atoms with van der Waals surface area (Å²) in [5, 5.41) is 0.741. The number of anilines is 1. The van der Waals surface area contributed by atoms with Crippen molar-refractivity contribution in [3.05, 3.63) is 43.9 Å². The smallest absolute Gasteiger partial charge is 0.349 e. The molecule has 0 radical (unpaired) electrons. The molecule has 0 aliphatic heterocycles. The number of benzene rings is 1. The van der Waals surface area contributed by atoms with Crippen LogP contribution >= 0.6 is 11.6 Å². The van der Waals surface area contributed by atoms with Crippen LogP contribution in [-0.2, 0) is 0 Å². The van der Waals surface area contributed by atoms with Crippen molar-refractivity contribution in [3.63, 3.8) is 0 Å². The van der Waals surface area contributed by atoms with Crippen LogP contribution in [0.1, 0.15) is 0 Å². The predicted molar refractivity (Wildman–Crippen MR) is 67.8 cm³/mol. The normalized spacial score (nSPS) is 11.2. The van der Waals surface area contributed by atoms with E-state index in [-0.39, 0.29) is 27.7 Å². The lowest BCUT2D eigenvalue weighted by Crippen LogP contribution is -2.16. The fourth-order valence-electron chi connectivity index (χ4n) is 1.77. The van der Waals surface area contributed by atoms with Gasteiger partial charge in [-0.2, -0.15) is 4.98 Å². The summed E-state index contributed by atoms with van der Waals surface area (Å²) >= 11 is 5.82. The number of nitrogen functional groups attached to an aromatic ring is 1. The molecule has 0 saturated carbocycles. The molecule has 3 aromatic rings. The lowest BCUT2D eigenvalue weighted by molar-refractivity contribution is 0.641. The number of halogens is 1. The molecule has 0 aliphatic carbocycles. The van der Waals surface area contributed by atoms with Crippen LogP contribution in [-0.4, -0.2) is 9.97 Å². The van der Waals surface area contributed by atoms with E-state index in [4.69, 9.17) is 21.8 Å². The van der Waals surface area contributed by atoms with Gasteiger partial charge in [0, 0.05) is 5.02 Å². The van der Waals surface area contributed by atoms with E-state index in [2.05, 4.69) is 9.97 Å². The molecule has 1 aromatic carbocycles. The lowest BCUT2D eigenvalue weighted by Gasteiger charge is -2.02. The molecule has 0 atom stereocenters. The highest BCUT2D eigenvalue weighted by molar-refractivity contribution is 6.31. The SMILES string of the molecule is Nc1[nH]c(=O)nc2oc3ccc(Cl)cc3c(=O)c12. The van der Waals surface area contributed by atoms with Gasteiger partial charge in [0.2, 0.25) is 11.1 Å². The molecule has 0 saturated heterocycles. The van der Waals surface area contributed by atoms with E-state index in [0.29, 0.717) is 10.6 Å². The lowest BCUT2D eigenvalue weighted by atomic mass is 10.2. The topological polar surface area (TPSA) is 102 Å². The Balaban J connectivity index is 2.65. The Bertz CT molecular complexity index is 898. The zero-order valence-electron chi connectivity index (χ0n) is 8.86. The van der Waals surface area contributed by atoms with Crippen molar-refractivity contribution in [2.24, 2.45) is 0 Å². The van der Waals surface area contributed by atoms with Gasteiger partial charge in [-0.15, -0.1) is 0 Å². The zero-order valence-corrected chi connectivity index (χ0v) is 9.62. The van der Waals surface area contributed by atoms with Crippen LogP contribution in [0.15, 0.2) is 32.2 Å². The van der Waals surface area contributed by atoms with Crippen LogP contribution in [0.3, 0.4) is 0 Å². The van der Waals surface area contributed by atoms with Gasteiger partial charge in [0.15, 0.2) is 0 Å². The average Bonchev–Trinajstić information content (AvgIpc) is 2.29. The van der Waals surface area contributed by atoms with Crippen LogP contribution < -0.4 is 16.9 Å². The fraction of sp³-hybridized carbons (Fsp3) is 0. The van der Waals surface area contributed by atoms with Gasteiger partial charge in [-0.25, -0.2) is 4.79 Å². The van der Waals surface area contributed by atoms with Crippen LogP contribution in [0.4, 0.5) is 5.82 Å². The summed E-state index contributed by atoms with van der Waals surface area (Å²) in [6.45, 7) is 0. The minimum atomic E-state index is -0.670. The standard InChI is InChI=1S/C11H6ClN3O3/c12-4-1-2-6-5(3-4)8(16)7-9(13)14-11(17)15-10(7)18-6/h1-3H,(H3,13,14,15,17). The molecule has 0 amide bonds. The van der Waals surface area contributed by atoms with Gasteiger partial charge >= 0.3 is 5.69 Å². The summed E-state index contributed by atoms with van der Waals surface area (Å²) in [6, 6.07) is 4.60. The largest absolute Gasteiger partial charge is 0.437 e. The fourth-order valence-corrected chi connectivity index (χ4v) is 1.94. The molecular weight excluding hydrogens is 258 g/mol. The van der Waals surface area contributed by atoms with Crippen LogP contribution in [0.25, 0.3) is 22.1 Å². The first-order valence-electron chi connectivity index (χ1n) is 4.98. The second-order valence-corrected chi connectivity index (χ2v) is 4.14. The first-order valence-corrected chi connectivity index (χ1v) is 5.36. The molecule has 2 aromatic heterocycles. The van der Waals surface area contributed by atoms with E-state index in [1.54, 1.807) is 6.07 Å². The third kappa shape index (κ3) is 1.46. The number of hydrogen-bond acceptors (Lipinski definition) is 5. The molecule has 90 valence electrons. The van der Waals surface area contributed by atoms with Crippen molar-refractivity contribution in [1.29, 1.82) is 0 Å². The number of H-pyrrole nitrogens is 1. The Morgan fingerprint density at radius 2 is 2.11 bits per heavy atom. The number of hydrogen-bond donors (Lipinski definition) is 2. The van der Waals surface area contributed by atoms with Crippen molar-refractivity contribution < 1.29 is 4.42 Å². The van der Waals surface area contributed by atoms with Gasteiger partial charge < -0.3 is 10.2 Å². The summed E-state index contributed by atoms with van der Waals surface area (Å²) < 4.78 is 5.37. The monoisotopic (exact) mass is 263 g/mol. The van der Waals surface area contributed by atoms with E-state index in [9.17, 15) is 9.59 Å². The van der Waals surface area contributed by atoms with E-state index in [0.717, 1.165) is 0 Å². The maximum absolute atomic E-state index is 12.2. The summed E-state index contributed by atoms with van der Waals surface area (Å²) in [5.74, 6) is -0.0689. The van der Waals surface area contributed by atoms with Gasteiger partial charge in [0.05, 0.1) is 5.39 Å². The minimum absolute atomic E-state index is 0.0457. The summed E-state index contributed by atoms with van der Waals surface area (Å²) in [6.07, 6.45) is 0. The molecule has 3 rings (SSSR count). The Morgan fingerprint density at radius 1 is 1.33 bits per heavy atom. The Morgan fingerprint density at radius 3 is 2.89 bits per heavy atom. The average molecular weight is 264 g/mol. The van der Waals surface area contributed by atoms with E-state index >= 15 is 0 Å². The molecule has 18 heavy (non-hydrogen) atoms. The maximum Gasteiger partial charge on any atom is 0.349 e. The quantitative estimate of drug-likeness (QED) is 0.595. The number of aromatic nitrogens is 2. The summed E-state index contributed by atoms with van der Waals surface area (Å²) in [5.41, 5.74) is 4.76. The van der Waals surface area contributed by atoms with Gasteiger partial charge in [-0.3, -0.25) is 9.78 Å². The van der Waals surface area contributed by atoms with E-state index in [1.807, 2.05) is 0 Å². The van der Waals surface area contributed by atoms with Gasteiger partial charge in [0.25, 0.3) is 0 Å². The number of fused-ring (bicyclic) bond motifs is 2. The second-order valence-electron chi connectivity index (χ2n) is 3.71. The van der Waals surface area contributed by atoms with Crippen molar-refractivity contribution in [2.75, 3.05) is 5.73 Å². The van der Waals surface area contributed by atoms with Crippen molar-refractivity contribution in [3.8, 4) is 0 Å². The van der Waals surface area contributed by atoms with Crippen molar-refractivity contribution in [2.45, 2.75) is 0 Å². The Hall–Kier alpha value is -2.34. The molecule has 0 aliphatic rings. The number of aromatic amines is 1. The molecule has 0 bridgehead atoms. The van der Waals surface area contributed by atoms with Crippen LogP contribution in [0, 0.1) is 0 Å². The third-order valence-corrected chi connectivity index (χ3v) is 2.78.